The standard InChI is InChI=1S/C34H53BrO10/c1-10-28(42-24(6)36)23(5)32(35)29(43-25(7)37)18-20(2)12-11-13-21(3)33-22(4)14-15-30(44-26(8)38)34(9,41)17-16-27(39)19-31(40)45-33/h11-15,20,22-23,27-30,32-33,39,41H,10,16-19H2,1-9H3. The number of esters is 4. The van der Waals surface area contributed by atoms with Gasteiger partial charge >= 0.3 is 23.9 Å². The molecule has 1 heterocycles. The summed E-state index contributed by atoms with van der Waals surface area (Å²) in [6.45, 7) is 15.1. The first-order chi connectivity index (χ1) is 20.9. The van der Waals surface area contributed by atoms with Crippen molar-refractivity contribution in [3.63, 3.8) is 0 Å². The number of hydrogen-bond acceptors (Lipinski definition) is 10. The summed E-state index contributed by atoms with van der Waals surface area (Å²) in [7, 11) is 0. The predicted octanol–water partition coefficient (Wildman–Crippen LogP) is 5.52. The third-order valence-electron chi connectivity index (χ3n) is 7.95. The van der Waals surface area contributed by atoms with Gasteiger partial charge in [0.15, 0.2) is 0 Å². The molecule has 0 saturated carbocycles. The number of allylic oxidation sites excluding steroid dienone is 3. The van der Waals surface area contributed by atoms with Crippen LogP contribution in [-0.4, -0.2) is 75.0 Å². The van der Waals surface area contributed by atoms with Crippen molar-refractivity contribution >= 4 is 39.8 Å². The van der Waals surface area contributed by atoms with Crippen LogP contribution in [0, 0.1) is 17.8 Å². The van der Waals surface area contributed by atoms with E-state index in [0.717, 1.165) is 5.57 Å². The molecule has 1 aliphatic rings. The molecule has 2 N–H and O–H groups in total. The fourth-order valence-corrected chi connectivity index (χ4v) is 6.01. The van der Waals surface area contributed by atoms with E-state index in [1.54, 1.807) is 12.2 Å². The number of rotatable bonds is 12. The Morgan fingerprint density at radius 3 is 2.24 bits per heavy atom. The Balaban J connectivity index is 3.19. The number of cyclic esters (lactones) is 1. The first-order valence-electron chi connectivity index (χ1n) is 15.7. The maximum absolute atomic E-state index is 12.7. The van der Waals surface area contributed by atoms with Gasteiger partial charge in [-0.15, -0.1) is 0 Å². The molecule has 0 aromatic rings. The van der Waals surface area contributed by atoms with Crippen molar-refractivity contribution in [2.75, 3.05) is 0 Å². The lowest BCUT2D eigenvalue weighted by molar-refractivity contribution is -0.157. The summed E-state index contributed by atoms with van der Waals surface area (Å²) in [5.41, 5.74) is -0.707. The van der Waals surface area contributed by atoms with Crippen molar-refractivity contribution in [1.82, 2.24) is 0 Å². The highest BCUT2D eigenvalue weighted by Gasteiger charge is 2.36. The lowest BCUT2D eigenvalue weighted by Crippen LogP contribution is -2.42. The van der Waals surface area contributed by atoms with Crippen LogP contribution in [0.15, 0.2) is 36.0 Å². The van der Waals surface area contributed by atoms with Crippen LogP contribution in [0.4, 0.5) is 0 Å². The van der Waals surface area contributed by atoms with Gasteiger partial charge < -0.3 is 29.2 Å². The van der Waals surface area contributed by atoms with Gasteiger partial charge in [-0.25, -0.2) is 0 Å². The van der Waals surface area contributed by atoms with Gasteiger partial charge in [0.05, 0.1) is 17.4 Å². The van der Waals surface area contributed by atoms with Crippen LogP contribution in [0.5, 0.6) is 0 Å². The van der Waals surface area contributed by atoms with Gasteiger partial charge in [-0.05, 0) is 57.1 Å². The molecule has 10 atom stereocenters. The van der Waals surface area contributed by atoms with E-state index in [1.807, 2.05) is 52.8 Å². The highest BCUT2D eigenvalue weighted by molar-refractivity contribution is 9.09. The summed E-state index contributed by atoms with van der Waals surface area (Å²) < 4.78 is 22.3. The number of aliphatic hydroxyl groups is 2. The molecule has 0 aromatic heterocycles. The second-order valence-corrected chi connectivity index (χ2v) is 13.5. The Morgan fingerprint density at radius 2 is 1.69 bits per heavy atom. The number of aliphatic hydroxyl groups excluding tert-OH is 1. The van der Waals surface area contributed by atoms with Crippen LogP contribution in [0.3, 0.4) is 0 Å². The summed E-state index contributed by atoms with van der Waals surface area (Å²) >= 11 is 3.70. The molecule has 1 rings (SSSR count). The van der Waals surface area contributed by atoms with E-state index < -0.39 is 47.9 Å². The first-order valence-corrected chi connectivity index (χ1v) is 16.6. The van der Waals surface area contributed by atoms with Gasteiger partial charge in [-0.1, -0.05) is 67.9 Å². The molecule has 0 saturated heterocycles. The highest BCUT2D eigenvalue weighted by Crippen LogP contribution is 2.30. The van der Waals surface area contributed by atoms with E-state index in [9.17, 15) is 29.4 Å². The number of halogens is 1. The smallest absolute Gasteiger partial charge is 0.309 e. The van der Waals surface area contributed by atoms with Crippen LogP contribution in [0.2, 0.25) is 0 Å². The van der Waals surface area contributed by atoms with Crippen molar-refractivity contribution in [2.45, 2.75) is 135 Å². The molecule has 45 heavy (non-hydrogen) atoms. The Kier molecular flexibility index (Phi) is 17.3. The maximum Gasteiger partial charge on any atom is 0.309 e. The van der Waals surface area contributed by atoms with E-state index in [1.165, 1.54) is 27.7 Å². The average molecular weight is 702 g/mol. The third-order valence-corrected chi connectivity index (χ3v) is 9.37. The fourth-order valence-electron chi connectivity index (χ4n) is 5.34. The van der Waals surface area contributed by atoms with Crippen LogP contribution in [-0.2, 0) is 38.1 Å². The predicted molar refractivity (Wildman–Crippen MR) is 174 cm³/mol. The van der Waals surface area contributed by atoms with E-state index in [2.05, 4.69) is 15.9 Å². The third kappa shape index (κ3) is 14.6. The largest absolute Gasteiger partial charge is 0.462 e. The second-order valence-electron chi connectivity index (χ2n) is 12.5. The summed E-state index contributed by atoms with van der Waals surface area (Å²) in [5, 5.41) is 21.4. The van der Waals surface area contributed by atoms with E-state index in [0.29, 0.717) is 12.8 Å². The molecular weight excluding hydrogens is 648 g/mol. The molecule has 0 aliphatic carbocycles. The topological polar surface area (TPSA) is 146 Å². The van der Waals surface area contributed by atoms with Crippen molar-refractivity contribution in [3.8, 4) is 0 Å². The second kappa shape index (κ2) is 19.2. The van der Waals surface area contributed by atoms with E-state index in [4.69, 9.17) is 18.9 Å². The number of carbonyl (C=O) groups is 4. The molecule has 0 radical (unpaired) electrons. The minimum atomic E-state index is -1.45. The van der Waals surface area contributed by atoms with Gasteiger partial charge in [0, 0.05) is 32.6 Å². The van der Waals surface area contributed by atoms with Gasteiger partial charge in [-0.3, -0.25) is 19.2 Å². The van der Waals surface area contributed by atoms with Crippen LogP contribution >= 0.6 is 15.9 Å². The molecule has 0 fully saturated rings. The summed E-state index contributed by atoms with van der Waals surface area (Å²) in [6, 6.07) is 0. The first kappa shape index (κ1) is 40.5. The zero-order valence-electron chi connectivity index (χ0n) is 28.2. The van der Waals surface area contributed by atoms with Gasteiger partial charge in [0.1, 0.15) is 30.0 Å². The monoisotopic (exact) mass is 700 g/mol. The van der Waals surface area contributed by atoms with Gasteiger partial charge in [-0.2, -0.15) is 0 Å². The van der Waals surface area contributed by atoms with Crippen molar-refractivity contribution in [3.05, 3.63) is 36.0 Å². The van der Waals surface area contributed by atoms with Crippen molar-refractivity contribution < 1.29 is 48.3 Å². The maximum atomic E-state index is 12.7. The van der Waals surface area contributed by atoms with E-state index >= 15 is 0 Å². The fraction of sp³-hybridized carbons (Fsp3) is 0.706. The lowest BCUT2D eigenvalue weighted by Gasteiger charge is -2.32. The number of carbonyl (C=O) groups excluding carboxylic acids is 4. The molecule has 0 spiro atoms. The Morgan fingerprint density at radius 1 is 1.09 bits per heavy atom. The van der Waals surface area contributed by atoms with Crippen molar-refractivity contribution in [2.24, 2.45) is 17.8 Å². The molecular formula is C34H53BrO10. The highest BCUT2D eigenvalue weighted by atomic mass is 79.9. The van der Waals surface area contributed by atoms with Crippen LogP contribution in [0.25, 0.3) is 0 Å². The molecule has 256 valence electrons. The molecule has 10 nitrogen and oxygen atoms in total. The molecule has 0 bridgehead atoms. The minimum absolute atomic E-state index is 0.0162. The molecule has 1 aliphatic heterocycles. The average Bonchev–Trinajstić information content (AvgIpc) is 2.93. The van der Waals surface area contributed by atoms with Crippen LogP contribution < -0.4 is 0 Å². The van der Waals surface area contributed by atoms with Crippen LogP contribution in [0.1, 0.15) is 94.4 Å². The molecule has 0 amide bonds. The van der Waals surface area contributed by atoms with Gasteiger partial charge in [0.2, 0.25) is 0 Å². The summed E-state index contributed by atoms with van der Waals surface area (Å²) in [5.74, 6) is -2.36. The summed E-state index contributed by atoms with van der Waals surface area (Å²) in [4.78, 5) is 47.7. The van der Waals surface area contributed by atoms with Gasteiger partial charge in [0.25, 0.3) is 0 Å². The normalized spacial score (nSPS) is 28.4. The SMILES string of the molecule is CCC(OC(C)=O)C(C)C(Br)C(CC(C)C=CC=C(C)C1OC(=O)CC(O)CCC(C)(O)C(OC(C)=O)C=CC1C)OC(C)=O. The molecule has 0 aromatic carbocycles. The Labute approximate surface area is 276 Å². The van der Waals surface area contributed by atoms with Crippen molar-refractivity contribution in [1.29, 1.82) is 0 Å². The quantitative estimate of drug-likeness (QED) is 0.0877. The zero-order valence-corrected chi connectivity index (χ0v) is 29.7. The van der Waals surface area contributed by atoms with E-state index in [-0.39, 0.29) is 53.9 Å². The number of alkyl halides is 1. The Hall–Kier alpha value is -2.50. The minimum Gasteiger partial charge on any atom is -0.462 e. The summed E-state index contributed by atoms with van der Waals surface area (Å²) in [6.07, 6.45) is 6.67. The Bertz CT molecular complexity index is 1080. The lowest BCUT2D eigenvalue weighted by atomic mass is 9.88. The molecule has 11 heteroatoms. The zero-order chi connectivity index (χ0) is 34.5. The molecule has 10 unspecified atom stereocenters. The number of ether oxygens (including phenoxy) is 4. The number of hydrogen-bond donors (Lipinski definition) is 2.